The Bertz CT molecular complexity index is 771. The van der Waals surface area contributed by atoms with Crippen molar-refractivity contribution in [2.24, 2.45) is 0 Å². The Labute approximate surface area is 135 Å². The standard InChI is InChI=1S/C16H19FN2O3S/c1-2-4-13-11-15(18-22-13)16-5-3-10-19(16)23(20,21)14-8-6-12(17)7-9-14/h6-9,11,16H,2-5,10H2,1H3/t16-/m0/s1. The molecule has 0 amide bonds. The largest absolute Gasteiger partial charge is 0.361 e. The van der Waals surface area contributed by atoms with Gasteiger partial charge in [0.1, 0.15) is 17.3 Å². The molecule has 1 aromatic carbocycles. The van der Waals surface area contributed by atoms with E-state index in [9.17, 15) is 12.8 Å². The van der Waals surface area contributed by atoms with Gasteiger partial charge in [-0.25, -0.2) is 12.8 Å². The van der Waals surface area contributed by atoms with Gasteiger partial charge in [-0.3, -0.25) is 0 Å². The summed E-state index contributed by atoms with van der Waals surface area (Å²) in [6, 6.07) is 6.43. The molecule has 0 spiro atoms. The minimum absolute atomic E-state index is 0.100. The highest BCUT2D eigenvalue weighted by Crippen LogP contribution is 2.36. The van der Waals surface area contributed by atoms with Gasteiger partial charge >= 0.3 is 0 Å². The Morgan fingerprint density at radius 1 is 1.35 bits per heavy atom. The van der Waals surface area contributed by atoms with Crippen LogP contribution in [-0.4, -0.2) is 24.4 Å². The van der Waals surface area contributed by atoms with Gasteiger partial charge in [0.25, 0.3) is 0 Å². The van der Waals surface area contributed by atoms with Crippen molar-refractivity contribution in [3.05, 3.63) is 47.6 Å². The highest BCUT2D eigenvalue weighted by Gasteiger charge is 2.37. The van der Waals surface area contributed by atoms with Crippen LogP contribution in [0.2, 0.25) is 0 Å². The average molecular weight is 338 g/mol. The lowest BCUT2D eigenvalue weighted by Gasteiger charge is -2.22. The minimum atomic E-state index is -3.67. The van der Waals surface area contributed by atoms with Crippen LogP contribution in [0.25, 0.3) is 0 Å². The van der Waals surface area contributed by atoms with E-state index in [0.717, 1.165) is 37.2 Å². The molecule has 1 fully saturated rings. The van der Waals surface area contributed by atoms with E-state index in [-0.39, 0.29) is 10.9 Å². The Morgan fingerprint density at radius 3 is 2.78 bits per heavy atom. The second-order valence-electron chi connectivity index (χ2n) is 5.70. The summed E-state index contributed by atoms with van der Waals surface area (Å²) in [6.45, 7) is 2.48. The average Bonchev–Trinajstić information content (AvgIpc) is 3.16. The maximum atomic E-state index is 13.0. The summed E-state index contributed by atoms with van der Waals surface area (Å²) in [4.78, 5) is 0.100. The third-order valence-electron chi connectivity index (χ3n) is 4.04. The number of benzene rings is 1. The fourth-order valence-corrected chi connectivity index (χ4v) is 4.58. The van der Waals surface area contributed by atoms with Crippen LogP contribution in [0.3, 0.4) is 0 Å². The van der Waals surface area contributed by atoms with E-state index in [1.165, 1.54) is 16.4 Å². The molecular formula is C16H19FN2O3S. The molecule has 1 aliphatic rings. The number of hydrogen-bond donors (Lipinski definition) is 0. The van der Waals surface area contributed by atoms with Gasteiger partial charge in [0.15, 0.2) is 0 Å². The summed E-state index contributed by atoms with van der Waals surface area (Å²) in [5.74, 6) is 0.316. The van der Waals surface area contributed by atoms with Gasteiger partial charge in [-0.05, 0) is 43.5 Å². The van der Waals surface area contributed by atoms with Gasteiger partial charge in [-0.2, -0.15) is 4.31 Å². The zero-order valence-corrected chi connectivity index (χ0v) is 13.7. The van der Waals surface area contributed by atoms with Crippen LogP contribution in [0.5, 0.6) is 0 Å². The Kier molecular flexibility index (Phi) is 4.50. The van der Waals surface area contributed by atoms with Crippen LogP contribution in [0.1, 0.15) is 43.7 Å². The lowest BCUT2D eigenvalue weighted by Crippen LogP contribution is -2.30. The summed E-state index contributed by atoms with van der Waals surface area (Å²) >= 11 is 0. The van der Waals surface area contributed by atoms with E-state index in [4.69, 9.17) is 4.52 Å². The molecule has 0 bridgehead atoms. The van der Waals surface area contributed by atoms with Gasteiger partial charge in [0.2, 0.25) is 10.0 Å². The molecule has 2 aromatic rings. The quantitative estimate of drug-likeness (QED) is 0.839. The molecule has 0 saturated carbocycles. The van der Waals surface area contributed by atoms with Crippen molar-refractivity contribution in [3.63, 3.8) is 0 Å². The predicted octanol–water partition coefficient (Wildman–Crippen LogP) is 3.29. The SMILES string of the molecule is CCCc1cc([C@@H]2CCCN2S(=O)(=O)c2ccc(F)cc2)no1. The first-order valence-corrected chi connectivity index (χ1v) is 9.19. The molecule has 1 aromatic heterocycles. The predicted molar refractivity (Wildman–Crippen MR) is 82.8 cm³/mol. The number of rotatable bonds is 5. The van der Waals surface area contributed by atoms with Crippen LogP contribution in [0.15, 0.2) is 39.8 Å². The number of hydrogen-bond acceptors (Lipinski definition) is 4. The Morgan fingerprint density at radius 2 is 2.09 bits per heavy atom. The van der Waals surface area contributed by atoms with E-state index in [1.54, 1.807) is 0 Å². The van der Waals surface area contributed by atoms with Gasteiger partial charge in [-0.15, -0.1) is 0 Å². The van der Waals surface area contributed by atoms with Crippen LogP contribution in [0, 0.1) is 5.82 Å². The molecule has 2 heterocycles. The maximum absolute atomic E-state index is 13.0. The van der Waals surface area contributed by atoms with Gasteiger partial charge in [0, 0.05) is 19.0 Å². The van der Waals surface area contributed by atoms with Crippen molar-refractivity contribution in [2.45, 2.75) is 43.5 Å². The molecule has 5 nitrogen and oxygen atoms in total. The molecule has 0 aliphatic carbocycles. The van der Waals surface area contributed by atoms with Gasteiger partial charge < -0.3 is 4.52 Å². The molecule has 1 aliphatic heterocycles. The molecule has 0 radical (unpaired) electrons. The molecule has 3 rings (SSSR count). The first-order chi connectivity index (χ1) is 11.0. The number of halogens is 1. The topological polar surface area (TPSA) is 63.4 Å². The lowest BCUT2D eigenvalue weighted by atomic mass is 10.1. The Hall–Kier alpha value is -1.73. The molecular weight excluding hydrogens is 319 g/mol. The summed E-state index contributed by atoms with van der Waals surface area (Å²) < 4.78 is 45.4. The lowest BCUT2D eigenvalue weighted by molar-refractivity contribution is 0.343. The van der Waals surface area contributed by atoms with Crippen LogP contribution >= 0.6 is 0 Å². The van der Waals surface area contributed by atoms with Crippen molar-refractivity contribution >= 4 is 10.0 Å². The van der Waals surface area contributed by atoms with E-state index >= 15 is 0 Å². The number of nitrogens with zero attached hydrogens (tertiary/aromatic N) is 2. The highest BCUT2D eigenvalue weighted by atomic mass is 32.2. The fraction of sp³-hybridized carbons (Fsp3) is 0.438. The molecule has 0 N–H and O–H groups in total. The monoisotopic (exact) mass is 338 g/mol. The van der Waals surface area contributed by atoms with Crippen molar-refractivity contribution in [3.8, 4) is 0 Å². The van der Waals surface area contributed by atoms with E-state index in [1.807, 2.05) is 13.0 Å². The van der Waals surface area contributed by atoms with E-state index < -0.39 is 15.8 Å². The first-order valence-electron chi connectivity index (χ1n) is 7.75. The Balaban J connectivity index is 1.89. The fourth-order valence-electron chi connectivity index (χ4n) is 2.92. The van der Waals surface area contributed by atoms with Crippen molar-refractivity contribution in [1.29, 1.82) is 0 Å². The summed E-state index contributed by atoms with van der Waals surface area (Å²) in [7, 11) is -3.67. The maximum Gasteiger partial charge on any atom is 0.243 e. The van der Waals surface area contributed by atoms with E-state index in [2.05, 4.69) is 5.16 Å². The van der Waals surface area contributed by atoms with Crippen LogP contribution in [-0.2, 0) is 16.4 Å². The number of aromatic nitrogens is 1. The first kappa shape index (κ1) is 16.1. The van der Waals surface area contributed by atoms with Crippen LogP contribution in [0.4, 0.5) is 4.39 Å². The molecule has 7 heteroatoms. The van der Waals surface area contributed by atoms with E-state index in [0.29, 0.717) is 18.7 Å². The second kappa shape index (κ2) is 6.41. The minimum Gasteiger partial charge on any atom is -0.361 e. The molecule has 124 valence electrons. The second-order valence-corrected chi connectivity index (χ2v) is 7.59. The molecule has 1 atom stereocenters. The zero-order chi connectivity index (χ0) is 16.4. The summed E-state index contributed by atoms with van der Waals surface area (Å²) in [5, 5.41) is 4.05. The summed E-state index contributed by atoms with van der Waals surface area (Å²) in [5.41, 5.74) is 0.650. The molecule has 1 saturated heterocycles. The van der Waals surface area contributed by atoms with Crippen LogP contribution < -0.4 is 0 Å². The molecule has 23 heavy (non-hydrogen) atoms. The third kappa shape index (κ3) is 3.16. The van der Waals surface area contributed by atoms with Crippen molar-refractivity contribution < 1.29 is 17.3 Å². The number of sulfonamides is 1. The van der Waals surface area contributed by atoms with Crippen molar-refractivity contribution in [2.75, 3.05) is 6.54 Å². The van der Waals surface area contributed by atoms with Gasteiger partial charge in [0.05, 0.1) is 10.9 Å². The van der Waals surface area contributed by atoms with Gasteiger partial charge in [-0.1, -0.05) is 12.1 Å². The highest BCUT2D eigenvalue weighted by molar-refractivity contribution is 7.89. The summed E-state index contributed by atoms with van der Waals surface area (Å²) in [6.07, 6.45) is 3.20. The number of aryl methyl sites for hydroxylation is 1. The smallest absolute Gasteiger partial charge is 0.243 e. The normalized spacial score (nSPS) is 19.3. The third-order valence-corrected chi connectivity index (χ3v) is 5.96. The molecule has 0 unspecified atom stereocenters. The van der Waals surface area contributed by atoms with Crippen molar-refractivity contribution in [1.82, 2.24) is 9.46 Å². The zero-order valence-electron chi connectivity index (χ0n) is 12.9.